The standard InChI is InChI=1S/C18H14FN3O/c19-13-5-3-6-14(11-13)20-18(23)22-12-15-7-4-10-21(15)16-8-1-2-9-17(16)22/h1-11H,12H2,(H,20,23). The van der Waals surface area contributed by atoms with Gasteiger partial charge in [-0.25, -0.2) is 9.18 Å². The number of hydrogen-bond donors (Lipinski definition) is 1. The lowest BCUT2D eigenvalue weighted by Gasteiger charge is -2.31. The van der Waals surface area contributed by atoms with Crippen molar-refractivity contribution in [1.29, 1.82) is 0 Å². The topological polar surface area (TPSA) is 37.3 Å². The van der Waals surface area contributed by atoms with Crippen molar-refractivity contribution < 1.29 is 9.18 Å². The predicted octanol–water partition coefficient (Wildman–Crippen LogP) is 4.17. The van der Waals surface area contributed by atoms with E-state index in [1.54, 1.807) is 17.0 Å². The maximum absolute atomic E-state index is 13.3. The van der Waals surface area contributed by atoms with Crippen LogP contribution in [0, 0.1) is 5.82 Å². The molecule has 0 fully saturated rings. The molecule has 114 valence electrons. The Morgan fingerprint density at radius 2 is 1.83 bits per heavy atom. The van der Waals surface area contributed by atoms with Crippen LogP contribution < -0.4 is 10.2 Å². The number of amides is 2. The summed E-state index contributed by atoms with van der Waals surface area (Å²) in [5.41, 5.74) is 3.24. The van der Waals surface area contributed by atoms with E-state index in [0.29, 0.717) is 12.2 Å². The second-order valence-corrected chi connectivity index (χ2v) is 5.38. The van der Waals surface area contributed by atoms with E-state index >= 15 is 0 Å². The molecule has 0 unspecified atom stereocenters. The van der Waals surface area contributed by atoms with Crippen LogP contribution in [0.5, 0.6) is 0 Å². The molecule has 2 aromatic carbocycles. The fourth-order valence-corrected chi connectivity index (χ4v) is 2.86. The molecule has 4 rings (SSSR count). The average Bonchev–Trinajstić information content (AvgIpc) is 3.03. The van der Waals surface area contributed by atoms with Crippen molar-refractivity contribution in [2.45, 2.75) is 6.54 Å². The second-order valence-electron chi connectivity index (χ2n) is 5.38. The molecule has 3 aromatic rings. The van der Waals surface area contributed by atoms with E-state index in [2.05, 4.69) is 9.88 Å². The monoisotopic (exact) mass is 307 g/mol. The third kappa shape index (κ3) is 2.36. The van der Waals surface area contributed by atoms with E-state index in [1.807, 2.05) is 42.6 Å². The van der Waals surface area contributed by atoms with Crippen LogP contribution in [-0.2, 0) is 6.54 Å². The van der Waals surface area contributed by atoms with E-state index in [0.717, 1.165) is 17.1 Å². The number of aromatic nitrogens is 1. The van der Waals surface area contributed by atoms with Crippen molar-refractivity contribution in [1.82, 2.24) is 4.57 Å². The van der Waals surface area contributed by atoms with Gasteiger partial charge in [0.25, 0.3) is 0 Å². The summed E-state index contributed by atoms with van der Waals surface area (Å²) in [5.74, 6) is -0.379. The van der Waals surface area contributed by atoms with Crippen LogP contribution in [0.2, 0.25) is 0 Å². The molecule has 23 heavy (non-hydrogen) atoms. The van der Waals surface area contributed by atoms with Crippen LogP contribution >= 0.6 is 0 Å². The first-order chi connectivity index (χ1) is 11.2. The van der Waals surface area contributed by atoms with Crippen LogP contribution in [0.4, 0.5) is 20.6 Å². The predicted molar refractivity (Wildman–Crippen MR) is 87.4 cm³/mol. The smallest absolute Gasteiger partial charge is 0.317 e. The Balaban J connectivity index is 1.68. The van der Waals surface area contributed by atoms with Crippen LogP contribution in [0.25, 0.3) is 5.69 Å². The number of nitrogens with zero attached hydrogens (tertiary/aromatic N) is 2. The highest BCUT2D eigenvalue weighted by Gasteiger charge is 2.25. The van der Waals surface area contributed by atoms with Crippen molar-refractivity contribution >= 4 is 17.4 Å². The van der Waals surface area contributed by atoms with Gasteiger partial charge in [-0.15, -0.1) is 0 Å². The van der Waals surface area contributed by atoms with Crippen LogP contribution in [-0.4, -0.2) is 10.6 Å². The van der Waals surface area contributed by atoms with Gasteiger partial charge in [0, 0.05) is 17.6 Å². The van der Waals surface area contributed by atoms with Gasteiger partial charge in [-0.3, -0.25) is 4.90 Å². The first kappa shape index (κ1) is 13.6. The van der Waals surface area contributed by atoms with Gasteiger partial charge in [-0.2, -0.15) is 0 Å². The summed E-state index contributed by atoms with van der Waals surface area (Å²) in [7, 11) is 0. The summed E-state index contributed by atoms with van der Waals surface area (Å²) >= 11 is 0. The average molecular weight is 307 g/mol. The second kappa shape index (κ2) is 5.28. The summed E-state index contributed by atoms with van der Waals surface area (Å²) in [6.07, 6.45) is 1.98. The Morgan fingerprint density at radius 3 is 2.65 bits per heavy atom. The first-order valence-corrected chi connectivity index (χ1v) is 7.32. The Morgan fingerprint density at radius 1 is 1.00 bits per heavy atom. The number of carbonyl (C=O) groups is 1. The van der Waals surface area contributed by atoms with Gasteiger partial charge in [-0.1, -0.05) is 18.2 Å². The minimum atomic E-state index is -0.379. The summed E-state index contributed by atoms with van der Waals surface area (Å²) < 4.78 is 15.4. The highest BCUT2D eigenvalue weighted by molar-refractivity contribution is 6.03. The van der Waals surface area contributed by atoms with Gasteiger partial charge >= 0.3 is 6.03 Å². The molecular weight excluding hydrogens is 293 g/mol. The van der Waals surface area contributed by atoms with Gasteiger partial charge in [0.1, 0.15) is 5.82 Å². The van der Waals surface area contributed by atoms with Crippen LogP contribution in [0.3, 0.4) is 0 Å². The number of fused-ring (bicyclic) bond motifs is 3. The molecule has 4 nitrogen and oxygen atoms in total. The van der Waals surface area contributed by atoms with Gasteiger partial charge in [-0.05, 0) is 42.5 Å². The molecule has 0 spiro atoms. The largest absolute Gasteiger partial charge is 0.326 e. The Bertz CT molecular complexity index is 887. The number of benzene rings is 2. The lowest BCUT2D eigenvalue weighted by Crippen LogP contribution is -2.38. The zero-order chi connectivity index (χ0) is 15.8. The van der Waals surface area contributed by atoms with Crippen molar-refractivity contribution in [2.24, 2.45) is 0 Å². The van der Waals surface area contributed by atoms with Crippen LogP contribution in [0.15, 0.2) is 66.9 Å². The molecule has 1 aliphatic heterocycles. The summed E-state index contributed by atoms with van der Waals surface area (Å²) in [6, 6.07) is 17.3. The summed E-state index contributed by atoms with van der Waals surface area (Å²) in [5, 5.41) is 2.75. The molecular formula is C18H14FN3O. The molecule has 1 aliphatic rings. The van der Waals surface area contributed by atoms with Gasteiger partial charge < -0.3 is 9.88 Å². The quantitative estimate of drug-likeness (QED) is 0.720. The number of rotatable bonds is 1. The van der Waals surface area contributed by atoms with Gasteiger partial charge in [0.15, 0.2) is 0 Å². The maximum atomic E-state index is 13.3. The Hall–Kier alpha value is -3.08. The molecule has 2 heterocycles. The maximum Gasteiger partial charge on any atom is 0.326 e. The summed E-state index contributed by atoms with van der Waals surface area (Å²) in [4.78, 5) is 14.3. The van der Waals surface area contributed by atoms with Gasteiger partial charge in [0.2, 0.25) is 0 Å². The Kier molecular flexibility index (Phi) is 3.12. The fraction of sp³-hybridized carbons (Fsp3) is 0.0556. The minimum absolute atomic E-state index is 0.282. The number of nitrogens with one attached hydrogen (secondary N) is 1. The normalized spacial score (nSPS) is 12.5. The van der Waals surface area contributed by atoms with Crippen LogP contribution in [0.1, 0.15) is 5.69 Å². The molecule has 1 aromatic heterocycles. The van der Waals surface area contributed by atoms with Crippen molar-refractivity contribution in [2.75, 3.05) is 10.2 Å². The summed E-state index contributed by atoms with van der Waals surface area (Å²) in [6.45, 7) is 0.463. The zero-order valence-electron chi connectivity index (χ0n) is 12.2. The molecule has 0 saturated heterocycles. The molecule has 0 bridgehead atoms. The van der Waals surface area contributed by atoms with Crippen molar-refractivity contribution in [3.63, 3.8) is 0 Å². The number of carbonyl (C=O) groups excluding carboxylic acids is 1. The molecule has 5 heteroatoms. The van der Waals surface area contributed by atoms with E-state index in [-0.39, 0.29) is 11.8 Å². The number of anilines is 2. The fourth-order valence-electron chi connectivity index (χ4n) is 2.86. The van der Waals surface area contributed by atoms with E-state index in [9.17, 15) is 9.18 Å². The molecule has 2 amide bonds. The zero-order valence-corrected chi connectivity index (χ0v) is 12.2. The molecule has 0 radical (unpaired) electrons. The lowest BCUT2D eigenvalue weighted by molar-refractivity contribution is 0.256. The number of hydrogen-bond acceptors (Lipinski definition) is 1. The highest BCUT2D eigenvalue weighted by Crippen LogP contribution is 2.32. The van der Waals surface area contributed by atoms with E-state index < -0.39 is 0 Å². The SMILES string of the molecule is O=C(Nc1cccc(F)c1)N1Cc2cccn2-c2ccccc21. The molecule has 0 atom stereocenters. The number of para-hydroxylation sites is 2. The van der Waals surface area contributed by atoms with E-state index in [4.69, 9.17) is 0 Å². The number of halogens is 1. The molecule has 1 N–H and O–H groups in total. The third-order valence-corrected chi connectivity index (χ3v) is 3.91. The van der Waals surface area contributed by atoms with Crippen molar-refractivity contribution in [3.05, 3.63) is 78.4 Å². The number of urea groups is 1. The Labute approximate surface area is 132 Å². The highest BCUT2D eigenvalue weighted by atomic mass is 19.1. The third-order valence-electron chi connectivity index (χ3n) is 3.91. The van der Waals surface area contributed by atoms with E-state index in [1.165, 1.54) is 12.1 Å². The van der Waals surface area contributed by atoms with Gasteiger partial charge in [0.05, 0.1) is 17.9 Å². The minimum Gasteiger partial charge on any atom is -0.317 e. The lowest BCUT2D eigenvalue weighted by atomic mass is 10.2. The molecule has 0 saturated carbocycles. The molecule has 0 aliphatic carbocycles. The first-order valence-electron chi connectivity index (χ1n) is 7.32. The van der Waals surface area contributed by atoms with Crippen molar-refractivity contribution in [3.8, 4) is 5.69 Å².